The van der Waals surface area contributed by atoms with Gasteiger partial charge in [-0.25, -0.2) is 4.39 Å². The van der Waals surface area contributed by atoms with Crippen molar-refractivity contribution in [1.29, 1.82) is 5.26 Å². The van der Waals surface area contributed by atoms with Crippen LogP contribution in [0.5, 0.6) is 0 Å². The third-order valence-corrected chi connectivity index (χ3v) is 3.19. The first-order valence-corrected chi connectivity index (χ1v) is 6.67. The normalized spacial score (nSPS) is 10.5. The Hall–Kier alpha value is -2.18. The van der Waals surface area contributed by atoms with Gasteiger partial charge in [-0.15, -0.1) is 0 Å². The first kappa shape index (κ1) is 14.2. The highest BCUT2D eigenvalue weighted by Gasteiger charge is 2.07. The molecule has 0 fully saturated rings. The van der Waals surface area contributed by atoms with Gasteiger partial charge in [-0.3, -0.25) is 4.90 Å². The van der Waals surface area contributed by atoms with E-state index in [9.17, 15) is 4.39 Å². The number of rotatable bonds is 5. The molecule has 0 saturated carbocycles. The molecule has 0 N–H and O–H groups in total. The van der Waals surface area contributed by atoms with E-state index < -0.39 is 0 Å². The zero-order valence-corrected chi connectivity index (χ0v) is 11.5. The van der Waals surface area contributed by atoms with Crippen LogP contribution in [-0.4, -0.2) is 11.4 Å². The van der Waals surface area contributed by atoms with Gasteiger partial charge in [0.25, 0.3) is 0 Å². The van der Waals surface area contributed by atoms with Crippen LogP contribution in [0.1, 0.15) is 23.6 Å². The summed E-state index contributed by atoms with van der Waals surface area (Å²) in [6, 6.07) is 16.7. The lowest BCUT2D eigenvalue weighted by Crippen LogP contribution is -2.22. The molecule has 0 heterocycles. The zero-order chi connectivity index (χ0) is 14.4. The number of hydrogen-bond acceptors (Lipinski definition) is 2. The summed E-state index contributed by atoms with van der Waals surface area (Å²) in [5.41, 5.74) is 2.43. The average molecular weight is 268 g/mol. The Kier molecular flexibility index (Phi) is 4.86. The van der Waals surface area contributed by atoms with Gasteiger partial charge in [0.15, 0.2) is 0 Å². The Bertz CT molecular complexity index is 602. The second kappa shape index (κ2) is 6.83. The van der Waals surface area contributed by atoms with Crippen LogP contribution >= 0.6 is 0 Å². The minimum Gasteiger partial charge on any atom is -0.295 e. The molecule has 102 valence electrons. The van der Waals surface area contributed by atoms with Gasteiger partial charge in [-0.1, -0.05) is 37.3 Å². The molecular formula is C17H17FN2. The van der Waals surface area contributed by atoms with Gasteiger partial charge in [0.2, 0.25) is 0 Å². The summed E-state index contributed by atoms with van der Waals surface area (Å²) in [6.45, 7) is 4.40. The molecule has 0 radical (unpaired) electrons. The summed E-state index contributed by atoms with van der Waals surface area (Å²) in [5.74, 6) is -0.352. The molecule has 0 saturated heterocycles. The maximum atomic E-state index is 13.4. The van der Waals surface area contributed by atoms with E-state index >= 15 is 0 Å². The molecule has 2 rings (SSSR count). The summed E-state index contributed by atoms with van der Waals surface area (Å²) in [5, 5.41) is 8.88. The minimum absolute atomic E-state index is 0.352. The van der Waals surface area contributed by atoms with E-state index in [2.05, 4.69) is 24.0 Å². The molecule has 0 unspecified atom stereocenters. The van der Waals surface area contributed by atoms with E-state index in [1.807, 2.05) is 24.3 Å². The molecule has 0 atom stereocenters. The fourth-order valence-electron chi connectivity index (χ4n) is 2.19. The Morgan fingerprint density at radius 1 is 1.05 bits per heavy atom. The molecular weight excluding hydrogens is 251 g/mol. The van der Waals surface area contributed by atoms with Crippen molar-refractivity contribution in [2.45, 2.75) is 20.0 Å². The highest BCUT2D eigenvalue weighted by atomic mass is 19.1. The Labute approximate surface area is 119 Å². The van der Waals surface area contributed by atoms with Gasteiger partial charge in [0.1, 0.15) is 5.82 Å². The van der Waals surface area contributed by atoms with Gasteiger partial charge in [0, 0.05) is 13.1 Å². The number of halogens is 1. The quantitative estimate of drug-likeness (QED) is 0.826. The van der Waals surface area contributed by atoms with Crippen LogP contribution in [-0.2, 0) is 13.1 Å². The second-order valence-corrected chi connectivity index (χ2v) is 4.75. The van der Waals surface area contributed by atoms with Crippen LogP contribution in [0.2, 0.25) is 0 Å². The first-order valence-electron chi connectivity index (χ1n) is 6.67. The van der Waals surface area contributed by atoms with E-state index in [1.165, 1.54) is 17.7 Å². The van der Waals surface area contributed by atoms with Crippen LogP contribution in [0.3, 0.4) is 0 Å². The number of benzene rings is 2. The Balaban J connectivity index is 2.10. The largest absolute Gasteiger partial charge is 0.295 e. The van der Waals surface area contributed by atoms with Gasteiger partial charge in [-0.05, 0) is 35.9 Å². The van der Waals surface area contributed by atoms with Gasteiger partial charge >= 0.3 is 0 Å². The van der Waals surface area contributed by atoms with Crippen molar-refractivity contribution in [1.82, 2.24) is 4.90 Å². The topological polar surface area (TPSA) is 27.0 Å². The minimum atomic E-state index is -0.352. The Morgan fingerprint density at radius 2 is 1.75 bits per heavy atom. The molecule has 0 aliphatic rings. The maximum absolute atomic E-state index is 13.4. The number of nitriles is 1. The molecule has 0 aliphatic carbocycles. The van der Waals surface area contributed by atoms with Crippen molar-refractivity contribution in [3.8, 4) is 6.07 Å². The molecule has 0 spiro atoms. The zero-order valence-electron chi connectivity index (χ0n) is 11.5. The predicted molar refractivity (Wildman–Crippen MR) is 77.3 cm³/mol. The lowest BCUT2D eigenvalue weighted by molar-refractivity contribution is 0.271. The van der Waals surface area contributed by atoms with Crippen LogP contribution in [0, 0.1) is 17.1 Å². The molecule has 2 aromatic carbocycles. The van der Waals surface area contributed by atoms with Crippen LogP contribution in [0.15, 0.2) is 48.5 Å². The van der Waals surface area contributed by atoms with Gasteiger partial charge in [-0.2, -0.15) is 5.26 Å². The number of hydrogen-bond donors (Lipinski definition) is 0. The van der Waals surface area contributed by atoms with Crippen molar-refractivity contribution in [2.24, 2.45) is 0 Å². The second-order valence-electron chi connectivity index (χ2n) is 4.75. The molecule has 0 amide bonds. The SMILES string of the molecule is CCN(Cc1ccccc1)Cc1cc(F)cc(C#N)c1. The van der Waals surface area contributed by atoms with E-state index in [-0.39, 0.29) is 5.82 Å². The maximum Gasteiger partial charge on any atom is 0.124 e. The molecule has 2 aromatic rings. The molecule has 2 nitrogen and oxygen atoms in total. The third kappa shape index (κ3) is 3.91. The summed E-state index contributed by atoms with van der Waals surface area (Å²) < 4.78 is 13.4. The molecule has 0 aliphatic heterocycles. The fourth-order valence-corrected chi connectivity index (χ4v) is 2.19. The standard InChI is InChI=1S/C17H17FN2/c1-2-20(12-14-6-4-3-5-7-14)13-16-8-15(11-19)9-17(18)10-16/h3-10H,2,12-13H2,1H3. The van der Waals surface area contributed by atoms with Crippen LogP contribution in [0.25, 0.3) is 0 Å². The van der Waals surface area contributed by atoms with Gasteiger partial charge in [0.05, 0.1) is 11.6 Å². The van der Waals surface area contributed by atoms with Crippen molar-refractivity contribution in [2.75, 3.05) is 6.54 Å². The van der Waals surface area contributed by atoms with E-state index in [4.69, 9.17) is 5.26 Å². The van der Waals surface area contributed by atoms with Crippen LogP contribution in [0.4, 0.5) is 4.39 Å². The highest BCUT2D eigenvalue weighted by Crippen LogP contribution is 2.13. The first-order chi connectivity index (χ1) is 9.71. The predicted octanol–water partition coefficient (Wildman–Crippen LogP) is 3.72. The lowest BCUT2D eigenvalue weighted by Gasteiger charge is -2.20. The van der Waals surface area contributed by atoms with E-state index in [1.54, 1.807) is 6.07 Å². The average Bonchev–Trinajstić information content (AvgIpc) is 2.47. The van der Waals surface area contributed by atoms with Crippen LogP contribution < -0.4 is 0 Å². The molecule has 0 aromatic heterocycles. The molecule has 0 bridgehead atoms. The number of nitrogens with zero attached hydrogens (tertiary/aromatic N) is 2. The lowest BCUT2D eigenvalue weighted by atomic mass is 10.1. The third-order valence-electron chi connectivity index (χ3n) is 3.19. The van der Waals surface area contributed by atoms with Crippen molar-refractivity contribution < 1.29 is 4.39 Å². The van der Waals surface area contributed by atoms with Crippen molar-refractivity contribution in [3.05, 3.63) is 71.0 Å². The van der Waals surface area contributed by atoms with Crippen molar-refractivity contribution >= 4 is 0 Å². The van der Waals surface area contributed by atoms with E-state index in [0.29, 0.717) is 12.1 Å². The van der Waals surface area contributed by atoms with Crippen molar-refractivity contribution in [3.63, 3.8) is 0 Å². The highest BCUT2D eigenvalue weighted by molar-refractivity contribution is 5.33. The monoisotopic (exact) mass is 268 g/mol. The summed E-state index contributed by atoms with van der Waals surface area (Å²) in [4.78, 5) is 2.21. The fraction of sp³-hybridized carbons (Fsp3) is 0.235. The molecule has 20 heavy (non-hydrogen) atoms. The smallest absolute Gasteiger partial charge is 0.124 e. The Morgan fingerprint density at radius 3 is 2.40 bits per heavy atom. The summed E-state index contributed by atoms with van der Waals surface area (Å²) in [7, 11) is 0. The summed E-state index contributed by atoms with van der Waals surface area (Å²) >= 11 is 0. The molecule has 3 heteroatoms. The van der Waals surface area contributed by atoms with E-state index in [0.717, 1.165) is 18.7 Å². The summed E-state index contributed by atoms with van der Waals surface area (Å²) in [6.07, 6.45) is 0. The van der Waals surface area contributed by atoms with Gasteiger partial charge < -0.3 is 0 Å².